The number of aryl methyl sites for hydroxylation is 1. The topological polar surface area (TPSA) is 62.2 Å². The van der Waals surface area contributed by atoms with Gasteiger partial charge < -0.3 is 10.4 Å². The van der Waals surface area contributed by atoms with E-state index in [1.807, 2.05) is 19.1 Å². The van der Waals surface area contributed by atoms with E-state index >= 15 is 0 Å². The Morgan fingerprint density at radius 3 is 2.83 bits per heavy atom. The summed E-state index contributed by atoms with van der Waals surface area (Å²) in [7, 11) is 0. The van der Waals surface area contributed by atoms with E-state index in [0.29, 0.717) is 12.2 Å². The minimum atomic E-state index is -0.146. The van der Waals surface area contributed by atoms with Crippen LogP contribution in [-0.2, 0) is 0 Å². The number of pyridine rings is 1. The maximum absolute atomic E-state index is 12.0. The molecule has 1 fully saturated rings. The van der Waals surface area contributed by atoms with Gasteiger partial charge in [0.25, 0.3) is 5.91 Å². The quantitative estimate of drug-likeness (QED) is 0.852. The summed E-state index contributed by atoms with van der Waals surface area (Å²) < 4.78 is 0. The summed E-state index contributed by atoms with van der Waals surface area (Å²) in [6, 6.07) is 3.69. The van der Waals surface area contributed by atoms with Gasteiger partial charge in [-0.15, -0.1) is 0 Å². The molecule has 2 N–H and O–H groups in total. The van der Waals surface area contributed by atoms with Gasteiger partial charge in [0.1, 0.15) is 5.69 Å². The van der Waals surface area contributed by atoms with Gasteiger partial charge in [0.15, 0.2) is 0 Å². The molecule has 0 bridgehead atoms. The number of hydrogen-bond acceptors (Lipinski definition) is 3. The van der Waals surface area contributed by atoms with Gasteiger partial charge in [0.2, 0.25) is 0 Å². The second-order valence-electron chi connectivity index (χ2n) is 5.22. The van der Waals surface area contributed by atoms with Crippen molar-refractivity contribution in [2.75, 3.05) is 13.2 Å². The molecule has 0 aliphatic heterocycles. The van der Waals surface area contributed by atoms with E-state index in [4.69, 9.17) is 0 Å². The SMILES string of the molecule is Cc1cccnc1C(=O)NCC1(CO)CCCC1. The van der Waals surface area contributed by atoms with Crippen LogP contribution in [-0.4, -0.2) is 29.1 Å². The van der Waals surface area contributed by atoms with Crippen LogP contribution in [0.25, 0.3) is 0 Å². The van der Waals surface area contributed by atoms with Crippen molar-refractivity contribution in [2.24, 2.45) is 5.41 Å². The molecule has 2 rings (SSSR count). The first kappa shape index (κ1) is 13.0. The zero-order chi connectivity index (χ0) is 13.0. The highest BCUT2D eigenvalue weighted by Crippen LogP contribution is 2.36. The number of carbonyl (C=O) groups excluding carboxylic acids is 1. The fourth-order valence-corrected chi connectivity index (χ4v) is 2.59. The molecule has 1 aliphatic rings. The third-order valence-corrected chi connectivity index (χ3v) is 3.85. The van der Waals surface area contributed by atoms with Gasteiger partial charge in [0.05, 0.1) is 6.61 Å². The molecule has 98 valence electrons. The molecule has 0 saturated heterocycles. The summed E-state index contributed by atoms with van der Waals surface area (Å²) in [6.07, 6.45) is 5.88. The Morgan fingerprint density at radius 1 is 1.50 bits per heavy atom. The van der Waals surface area contributed by atoms with Crippen molar-refractivity contribution in [3.05, 3.63) is 29.6 Å². The van der Waals surface area contributed by atoms with Crippen LogP contribution < -0.4 is 5.32 Å². The molecule has 0 spiro atoms. The van der Waals surface area contributed by atoms with Crippen molar-refractivity contribution in [1.82, 2.24) is 10.3 Å². The standard InChI is InChI=1S/C14H20N2O2/c1-11-5-4-8-15-12(11)13(18)16-9-14(10-17)6-2-3-7-14/h4-5,8,17H,2-3,6-7,9-10H2,1H3,(H,16,18). The molecule has 1 aromatic rings. The molecule has 4 nitrogen and oxygen atoms in total. The Balaban J connectivity index is 1.98. The van der Waals surface area contributed by atoms with Gasteiger partial charge in [-0.2, -0.15) is 0 Å². The average molecular weight is 248 g/mol. The minimum absolute atomic E-state index is 0.113. The van der Waals surface area contributed by atoms with Crippen molar-refractivity contribution in [2.45, 2.75) is 32.6 Å². The molecule has 1 amide bonds. The molecule has 1 saturated carbocycles. The molecular weight excluding hydrogens is 228 g/mol. The van der Waals surface area contributed by atoms with Gasteiger partial charge in [-0.25, -0.2) is 0 Å². The van der Waals surface area contributed by atoms with E-state index in [0.717, 1.165) is 31.2 Å². The predicted octanol–water partition coefficient (Wildman–Crippen LogP) is 1.67. The number of aromatic nitrogens is 1. The third-order valence-electron chi connectivity index (χ3n) is 3.85. The van der Waals surface area contributed by atoms with Gasteiger partial charge in [0, 0.05) is 18.2 Å². The van der Waals surface area contributed by atoms with Crippen LogP contribution in [0.15, 0.2) is 18.3 Å². The lowest BCUT2D eigenvalue weighted by Crippen LogP contribution is -2.38. The molecule has 1 heterocycles. The molecule has 18 heavy (non-hydrogen) atoms. The molecule has 0 atom stereocenters. The number of aliphatic hydroxyl groups is 1. The predicted molar refractivity (Wildman–Crippen MR) is 69.3 cm³/mol. The number of hydrogen-bond donors (Lipinski definition) is 2. The van der Waals surface area contributed by atoms with Crippen LogP contribution in [0.5, 0.6) is 0 Å². The summed E-state index contributed by atoms with van der Waals surface area (Å²) in [5.74, 6) is -0.146. The summed E-state index contributed by atoms with van der Waals surface area (Å²) in [6.45, 7) is 2.56. The van der Waals surface area contributed by atoms with Gasteiger partial charge in [-0.05, 0) is 31.4 Å². The number of aliphatic hydroxyl groups excluding tert-OH is 1. The fourth-order valence-electron chi connectivity index (χ4n) is 2.59. The number of rotatable bonds is 4. The highest BCUT2D eigenvalue weighted by atomic mass is 16.3. The van der Waals surface area contributed by atoms with Crippen LogP contribution in [0.2, 0.25) is 0 Å². The zero-order valence-electron chi connectivity index (χ0n) is 10.8. The minimum Gasteiger partial charge on any atom is -0.396 e. The Bertz CT molecular complexity index is 426. The van der Waals surface area contributed by atoms with E-state index in [9.17, 15) is 9.90 Å². The lowest BCUT2D eigenvalue weighted by atomic mass is 9.87. The van der Waals surface area contributed by atoms with Crippen molar-refractivity contribution >= 4 is 5.91 Å². The van der Waals surface area contributed by atoms with E-state index in [1.165, 1.54) is 0 Å². The van der Waals surface area contributed by atoms with Crippen LogP contribution in [0.1, 0.15) is 41.7 Å². The third kappa shape index (κ3) is 2.70. The Hall–Kier alpha value is -1.42. The van der Waals surface area contributed by atoms with Gasteiger partial charge in [-0.3, -0.25) is 9.78 Å². The summed E-state index contributed by atoms with van der Waals surface area (Å²) in [4.78, 5) is 16.1. The first-order chi connectivity index (χ1) is 8.67. The molecule has 1 aromatic heterocycles. The molecular formula is C14H20N2O2. The zero-order valence-corrected chi connectivity index (χ0v) is 10.8. The molecule has 0 radical (unpaired) electrons. The van der Waals surface area contributed by atoms with Crippen LogP contribution in [0, 0.1) is 12.3 Å². The van der Waals surface area contributed by atoms with Crippen LogP contribution >= 0.6 is 0 Å². The van der Waals surface area contributed by atoms with Gasteiger partial charge >= 0.3 is 0 Å². The van der Waals surface area contributed by atoms with Gasteiger partial charge in [-0.1, -0.05) is 18.9 Å². The van der Waals surface area contributed by atoms with Crippen LogP contribution in [0.4, 0.5) is 0 Å². The highest BCUT2D eigenvalue weighted by molar-refractivity contribution is 5.93. The molecule has 0 aromatic carbocycles. The van der Waals surface area contributed by atoms with Crippen molar-refractivity contribution in [3.63, 3.8) is 0 Å². The molecule has 0 unspecified atom stereocenters. The van der Waals surface area contributed by atoms with Crippen molar-refractivity contribution < 1.29 is 9.90 Å². The Morgan fingerprint density at radius 2 is 2.22 bits per heavy atom. The summed E-state index contributed by atoms with van der Waals surface area (Å²) >= 11 is 0. The number of amides is 1. The summed E-state index contributed by atoms with van der Waals surface area (Å²) in [5, 5.41) is 12.4. The van der Waals surface area contributed by atoms with E-state index in [2.05, 4.69) is 10.3 Å². The maximum atomic E-state index is 12.0. The van der Waals surface area contributed by atoms with Crippen molar-refractivity contribution in [1.29, 1.82) is 0 Å². The maximum Gasteiger partial charge on any atom is 0.270 e. The fraction of sp³-hybridized carbons (Fsp3) is 0.571. The monoisotopic (exact) mass is 248 g/mol. The lowest BCUT2D eigenvalue weighted by Gasteiger charge is -2.26. The van der Waals surface area contributed by atoms with Crippen molar-refractivity contribution in [3.8, 4) is 0 Å². The number of nitrogens with one attached hydrogen (secondary N) is 1. The average Bonchev–Trinajstić information content (AvgIpc) is 2.86. The first-order valence-corrected chi connectivity index (χ1v) is 6.48. The molecule has 1 aliphatic carbocycles. The molecule has 4 heteroatoms. The summed E-state index contributed by atoms with van der Waals surface area (Å²) in [5.41, 5.74) is 1.24. The normalized spacial score (nSPS) is 17.7. The second-order valence-corrected chi connectivity index (χ2v) is 5.22. The largest absolute Gasteiger partial charge is 0.396 e. The highest BCUT2D eigenvalue weighted by Gasteiger charge is 2.33. The van der Waals surface area contributed by atoms with Crippen LogP contribution in [0.3, 0.4) is 0 Å². The van der Waals surface area contributed by atoms with E-state index in [-0.39, 0.29) is 17.9 Å². The Kier molecular flexibility index (Phi) is 3.97. The first-order valence-electron chi connectivity index (χ1n) is 6.48. The van der Waals surface area contributed by atoms with E-state index in [1.54, 1.807) is 6.20 Å². The number of carbonyl (C=O) groups is 1. The Labute approximate surface area is 107 Å². The second kappa shape index (κ2) is 5.48. The number of nitrogens with zero attached hydrogens (tertiary/aromatic N) is 1. The smallest absolute Gasteiger partial charge is 0.270 e. The van der Waals surface area contributed by atoms with E-state index < -0.39 is 0 Å². The lowest BCUT2D eigenvalue weighted by molar-refractivity contribution is 0.0875.